The fourth-order valence-electron chi connectivity index (χ4n) is 1.10. The Balaban J connectivity index is 2.55. The van der Waals surface area contributed by atoms with Gasteiger partial charge in [-0.1, -0.05) is 30.3 Å². The molecular formula is C11H11ClO3. The molecule has 0 amide bonds. The predicted octanol–water partition coefficient (Wildman–Crippen LogP) is 1.93. The van der Waals surface area contributed by atoms with Crippen molar-refractivity contribution < 1.29 is 14.3 Å². The van der Waals surface area contributed by atoms with E-state index in [0.717, 1.165) is 5.56 Å². The molecule has 0 saturated heterocycles. The number of hydrogen-bond donors (Lipinski definition) is 0. The molecule has 0 spiro atoms. The van der Waals surface area contributed by atoms with Crippen LogP contribution in [0, 0.1) is 0 Å². The molecule has 1 aromatic rings. The number of benzene rings is 1. The topological polar surface area (TPSA) is 43.4 Å². The highest BCUT2D eigenvalue weighted by Gasteiger charge is 2.21. The smallest absolute Gasteiger partial charge is 0.258 e. The van der Waals surface area contributed by atoms with Gasteiger partial charge in [-0.2, -0.15) is 0 Å². The normalized spacial score (nSPS) is 12.1. The van der Waals surface area contributed by atoms with Crippen LogP contribution in [-0.4, -0.2) is 17.1 Å². The molecule has 1 aromatic carbocycles. The van der Waals surface area contributed by atoms with Gasteiger partial charge >= 0.3 is 0 Å². The van der Waals surface area contributed by atoms with E-state index >= 15 is 0 Å². The molecule has 0 aliphatic carbocycles. The number of halogens is 1. The Kier molecular flexibility index (Phi) is 4.46. The van der Waals surface area contributed by atoms with Gasteiger partial charge in [0.15, 0.2) is 11.9 Å². The average Bonchev–Trinajstić information content (AvgIpc) is 2.18. The lowest BCUT2D eigenvalue weighted by Crippen LogP contribution is -2.27. The maximum atomic E-state index is 11.0. The van der Waals surface area contributed by atoms with Gasteiger partial charge in [0.25, 0.3) is 5.24 Å². The van der Waals surface area contributed by atoms with Crippen LogP contribution in [0.2, 0.25) is 0 Å². The van der Waals surface area contributed by atoms with Gasteiger partial charge < -0.3 is 4.74 Å². The summed E-state index contributed by atoms with van der Waals surface area (Å²) in [5.41, 5.74) is 0.890. The molecule has 0 aliphatic heterocycles. The molecule has 0 N–H and O–H groups in total. The van der Waals surface area contributed by atoms with E-state index in [1.807, 2.05) is 30.3 Å². The fraction of sp³-hybridized carbons (Fsp3) is 0.273. The van der Waals surface area contributed by atoms with E-state index in [0.29, 0.717) is 0 Å². The van der Waals surface area contributed by atoms with E-state index in [1.54, 1.807) is 0 Å². The Labute approximate surface area is 93.0 Å². The van der Waals surface area contributed by atoms with E-state index < -0.39 is 11.3 Å². The van der Waals surface area contributed by atoms with Gasteiger partial charge in [-0.3, -0.25) is 9.59 Å². The van der Waals surface area contributed by atoms with Crippen LogP contribution in [0.3, 0.4) is 0 Å². The van der Waals surface area contributed by atoms with Gasteiger partial charge in [0, 0.05) is 0 Å². The molecule has 0 radical (unpaired) electrons. The Morgan fingerprint density at radius 3 is 2.40 bits per heavy atom. The highest BCUT2D eigenvalue weighted by molar-refractivity contribution is 6.66. The number of Topliss-reactive ketones (excluding diaryl/α,β-unsaturated/α-hetero) is 1. The standard InChI is InChI=1S/C11H11ClO3/c1-8(13)10(11(12)14)15-7-9-5-3-2-4-6-9/h2-6,10H,7H2,1H3. The monoisotopic (exact) mass is 226 g/mol. The highest BCUT2D eigenvalue weighted by Crippen LogP contribution is 2.06. The SMILES string of the molecule is CC(=O)C(OCc1ccccc1)C(=O)Cl. The zero-order chi connectivity index (χ0) is 11.3. The number of ether oxygens (including phenoxy) is 1. The molecule has 0 saturated carbocycles. The van der Waals surface area contributed by atoms with E-state index in [2.05, 4.69) is 0 Å². The Morgan fingerprint density at radius 2 is 1.93 bits per heavy atom. The first-order valence-electron chi connectivity index (χ1n) is 4.46. The van der Waals surface area contributed by atoms with E-state index in [1.165, 1.54) is 6.92 Å². The average molecular weight is 227 g/mol. The highest BCUT2D eigenvalue weighted by atomic mass is 35.5. The van der Waals surface area contributed by atoms with Crippen molar-refractivity contribution in [1.29, 1.82) is 0 Å². The summed E-state index contributed by atoms with van der Waals surface area (Å²) in [4.78, 5) is 21.8. The van der Waals surface area contributed by atoms with Gasteiger partial charge in [0.2, 0.25) is 0 Å². The van der Waals surface area contributed by atoms with E-state index in [9.17, 15) is 9.59 Å². The van der Waals surface area contributed by atoms with Gasteiger partial charge in [-0.25, -0.2) is 0 Å². The van der Waals surface area contributed by atoms with Crippen LogP contribution in [0.15, 0.2) is 30.3 Å². The number of hydrogen-bond acceptors (Lipinski definition) is 3. The minimum atomic E-state index is -1.16. The van der Waals surface area contributed by atoms with Crippen molar-refractivity contribution in [2.24, 2.45) is 0 Å². The summed E-state index contributed by atoms with van der Waals surface area (Å²) >= 11 is 5.22. The molecule has 15 heavy (non-hydrogen) atoms. The summed E-state index contributed by atoms with van der Waals surface area (Å²) < 4.78 is 5.12. The van der Waals surface area contributed by atoms with Crippen LogP contribution in [0.1, 0.15) is 12.5 Å². The number of ketones is 1. The summed E-state index contributed by atoms with van der Waals surface area (Å²) in [6, 6.07) is 9.26. The van der Waals surface area contributed by atoms with Crippen LogP contribution in [-0.2, 0) is 20.9 Å². The van der Waals surface area contributed by atoms with Crippen LogP contribution in [0.4, 0.5) is 0 Å². The zero-order valence-electron chi connectivity index (χ0n) is 8.27. The van der Waals surface area contributed by atoms with Gasteiger partial charge in [0.05, 0.1) is 6.61 Å². The maximum Gasteiger partial charge on any atom is 0.258 e. The minimum absolute atomic E-state index is 0.198. The summed E-state index contributed by atoms with van der Waals surface area (Å²) in [7, 11) is 0. The second-order valence-corrected chi connectivity index (χ2v) is 3.46. The van der Waals surface area contributed by atoms with Crippen molar-refractivity contribution in [3.8, 4) is 0 Å². The molecule has 1 atom stereocenters. The molecule has 0 heterocycles. The van der Waals surface area contributed by atoms with Crippen molar-refractivity contribution >= 4 is 22.6 Å². The van der Waals surface area contributed by atoms with Gasteiger partial charge in [-0.05, 0) is 24.1 Å². The van der Waals surface area contributed by atoms with E-state index in [-0.39, 0.29) is 12.4 Å². The van der Waals surface area contributed by atoms with Crippen molar-refractivity contribution in [1.82, 2.24) is 0 Å². The van der Waals surface area contributed by atoms with Crippen LogP contribution < -0.4 is 0 Å². The third-order valence-corrected chi connectivity index (χ3v) is 2.03. The maximum absolute atomic E-state index is 11.0. The second-order valence-electron chi connectivity index (χ2n) is 3.09. The molecule has 0 bridgehead atoms. The lowest BCUT2D eigenvalue weighted by molar-refractivity contribution is -0.137. The van der Waals surface area contributed by atoms with Crippen molar-refractivity contribution in [3.63, 3.8) is 0 Å². The third-order valence-electron chi connectivity index (χ3n) is 1.83. The molecule has 0 fully saturated rings. The molecule has 1 unspecified atom stereocenters. The van der Waals surface area contributed by atoms with Crippen LogP contribution >= 0.6 is 11.6 Å². The van der Waals surface area contributed by atoms with Crippen LogP contribution in [0.5, 0.6) is 0 Å². The Hall–Kier alpha value is -1.19. The van der Waals surface area contributed by atoms with Crippen molar-refractivity contribution in [2.45, 2.75) is 19.6 Å². The summed E-state index contributed by atoms with van der Waals surface area (Å²) in [5, 5.41) is -0.779. The fourth-order valence-corrected chi connectivity index (χ4v) is 1.31. The molecule has 80 valence electrons. The molecule has 4 heteroatoms. The minimum Gasteiger partial charge on any atom is -0.357 e. The Morgan fingerprint density at radius 1 is 1.33 bits per heavy atom. The molecule has 3 nitrogen and oxygen atoms in total. The quantitative estimate of drug-likeness (QED) is 0.569. The van der Waals surface area contributed by atoms with Crippen molar-refractivity contribution in [2.75, 3.05) is 0 Å². The molecule has 0 aliphatic rings. The summed E-state index contributed by atoms with van der Waals surface area (Å²) in [5.74, 6) is -0.383. The largest absolute Gasteiger partial charge is 0.357 e. The van der Waals surface area contributed by atoms with Gasteiger partial charge in [0.1, 0.15) is 0 Å². The predicted molar refractivity (Wildman–Crippen MR) is 56.6 cm³/mol. The molecule has 1 rings (SSSR count). The number of rotatable bonds is 5. The first-order chi connectivity index (χ1) is 7.11. The molecular weight excluding hydrogens is 216 g/mol. The van der Waals surface area contributed by atoms with Crippen LogP contribution in [0.25, 0.3) is 0 Å². The third kappa shape index (κ3) is 3.81. The van der Waals surface area contributed by atoms with Crippen molar-refractivity contribution in [3.05, 3.63) is 35.9 Å². The Bertz CT molecular complexity index is 334. The summed E-state index contributed by atoms with van der Waals surface area (Å²) in [6.45, 7) is 1.47. The second kappa shape index (κ2) is 5.63. The molecule has 0 aromatic heterocycles. The van der Waals surface area contributed by atoms with Gasteiger partial charge in [-0.15, -0.1) is 0 Å². The van der Waals surface area contributed by atoms with E-state index in [4.69, 9.17) is 16.3 Å². The summed E-state index contributed by atoms with van der Waals surface area (Å²) in [6.07, 6.45) is -1.16. The number of carbonyl (C=O) groups excluding carboxylic acids is 2. The lowest BCUT2D eigenvalue weighted by Gasteiger charge is -2.10. The lowest BCUT2D eigenvalue weighted by atomic mass is 10.2. The zero-order valence-corrected chi connectivity index (χ0v) is 9.03. The first-order valence-corrected chi connectivity index (χ1v) is 4.84. The first kappa shape index (κ1) is 11.9. The number of carbonyl (C=O) groups is 2.